The zero-order valence-corrected chi connectivity index (χ0v) is 11.7. The number of nitro groups is 1. The summed E-state index contributed by atoms with van der Waals surface area (Å²) in [5.74, 6) is -0.115. The first kappa shape index (κ1) is 14.5. The van der Waals surface area contributed by atoms with Gasteiger partial charge in [-0.05, 0) is 38.8 Å². The number of nitrogens with zero attached hydrogens (tertiary/aromatic N) is 1. The molecule has 6 nitrogen and oxygen atoms in total. The van der Waals surface area contributed by atoms with Crippen LogP contribution >= 0.6 is 0 Å². The van der Waals surface area contributed by atoms with Crippen molar-refractivity contribution in [1.29, 1.82) is 0 Å². The van der Waals surface area contributed by atoms with E-state index in [0.29, 0.717) is 11.3 Å². The summed E-state index contributed by atoms with van der Waals surface area (Å²) in [5.41, 5.74) is 6.59. The number of amides is 1. The van der Waals surface area contributed by atoms with E-state index < -0.39 is 10.3 Å². The molecule has 2 atom stereocenters. The minimum absolute atomic E-state index is 0.0479. The maximum absolute atomic E-state index is 12.4. The molecule has 0 heterocycles. The molecule has 1 aromatic rings. The van der Waals surface area contributed by atoms with Crippen LogP contribution in [0.5, 0.6) is 0 Å². The molecule has 1 aliphatic carbocycles. The lowest BCUT2D eigenvalue weighted by Gasteiger charge is -2.27. The highest BCUT2D eigenvalue weighted by Gasteiger charge is 2.42. The van der Waals surface area contributed by atoms with E-state index in [4.69, 9.17) is 5.73 Å². The molecule has 20 heavy (non-hydrogen) atoms. The van der Waals surface area contributed by atoms with Gasteiger partial charge in [0.15, 0.2) is 0 Å². The highest BCUT2D eigenvalue weighted by Crippen LogP contribution is 2.37. The highest BCUT2D eigenvalue weighted by molar-refractivity contribution is 5.96. The molecule has 108 valence electrons. The van der Waals surface area contributed by atoms with Gasteiger partial charge in [0.05, 0.1) is 10.3 Å². The number of nitrogens with two attached hydrogens (primary N) is 1. The largest absolute Gasteiger partial charge is 0.327 e. The van der Waals surface area contributed by atoms with Crippen molar-refractivity contribution in [2.45, 2.75) is 39.2 Å². The SMILES string of the molecule is Cc1cc(NC(=O)C2(C)CCCC2N)ccc1[N+](=O)[O-]. The number of carbonyl (C=O) groups excluding carboxylic acids is 1. The van der Waals surface area contributed by atoms with Crippen LogP contribution in [-0.4, -0.2) is 16.9 Å². The molecule has 1 aromatic carbocycles. The molecule has 2 rings (SSSR count). The molecule has 0 aromatic heterocycles. The Bertz CT molecular complexity index is 559. The third-order valence-corrected chi connectivity index (χ3v) is 4.20. The Morgan fingerprint density at radius 3 is 2.75 bits per heavy atom. The quantitative estimate of drug-likeness (QED) is 0.654. The van der Waals surface area contributed by atoms with Crippen LogP contribution in [0.15, 0.2) is 18.2 Å². The number of hydrogen-bond donors (Lipinski definition) is 2. The van der Waals surface area contributed by atoms with Gasteiger partial charge < -0.3 is 11.1 Å². The monoisotopic (exact) mass is 277 g/mol. The zero-order valence-electron chi connectivity index (χ0n) is 11.7. The predicted octanol–water partition coefficient (Wildman–Crippen LogP) is 2.36. The number of anilines is 1. The Hall–Kier alpha value is -1.95. The highest BCUT2D eigenvalue weighted by atomic mass is 16.6. The third kappa shape index (κ3) is 2.51. The average Bonchev–Trinajstić information content (AvgIpc) is 2.70. The van der Waals surface area contributed by atoms with Crippen molar-refractivity contribution < 1.29 is 9.72 Å². The van der Waals surface area contributed by atoms with E-state index in [2.05, 4.69) is 5.32 Å². The van der Waals surface area contributed by atoms with Crippen LogP contribution in [0.2, 0.25) is 0 Å². The van der Waals surface area contributed by atoms with Gasteiger partial charge in [-0.15, -0.1) is 0 Å². The molecular formula is C14H19N3O3. The van der Waals surface area contributed by atoms with Crippen molar-refractivity contribution >= 4 is 17.3 Å². The molecule has 0 radical (unpaired) electrons. The summed E-state index contributed by atoms with van der Waals surface area (Å²) < 4.78 is 0. The Labute approximate surface area is 117 Å². The van der Waals surface area contributed by atoms with E-state index in [1.807, 2.05) is 6.92 Å². The molecule has 2 unspecified atom stereocenters. The van der Waals surface area contributed by atoms with Crippen molar-refractivity contribution in [3.05, 3.63) is 33.9 Å². The number of carbonyl (C=O) groups is 1. The molecule has 0 spiro atoms. The van der Waals surface area contributed by atoms with Crippen LogP contribution in [0.3, 0.4) is 0 Å². The maximum Gasteiger partial charge on any atom is 0.272 e. The Balaban J connectivity index is 2.16. The van der Waals surface area contributed by atoms with Gasteiger partial charge in [0, 0.05) is 23.4 Å². The summed E-state index contributed by atoms with van der Waals surface area (Å²) in [6.45, 7) is 3.52. The van der Waals surface area contributed by atoms with Crippen LogP contribution < -0.4 is 11.1 Å². The lowest BCUT2D eigenvalue weighted by molar-refractivity contribution is -0.385. The van der Waals surface area contributed by atoms with Gasteiger partial charge >= 0.3 is 0 Å². The molecule has 0 aliphatic heterocycles. The van der Waals surface area contributed by atoms with Gasteiger partial charge in [-0.1, -0.05) is 6.42 Å². The summed E-state index contributed by atoms with van der Waals surface area (Å²) in [6, 6.07) is 4.43. The molecule has 3 N–H and O–H groups in total. The number of hydrogen-bond acceptors (Lipinski definition) is 4. The third-order valence-electron chi connectivity index (χ3n) is 4.20. The van der Waals surface area contributed by atoms with Crippen molar-refractivity contribution in [3.63, 3.8) is 0 Å². The first-order valence-corrected chi connectivity index (χ1v) is 6.66. The van der Waals surface area contributed by atoms with Gasteiger partial charge in [0.1, 0.15) is 0 Å². The van der Waals surface area contributed by atoms with E-state index in [-0.39, 0.29) is 17.6 Å². The van der Waals surface area contributed by atoms with Gasteiger partial charge in [-0.3, -0.25) is 14.9 Å². The van der Waals surface area contributed by atoms with Crippen molar-refractivity contribution in [2.24, 2.45) is 11.1 Å². The molecule has 0 bridgehead atoms. The molecule has 1 amide bonds. The van der Waals surface area contributed by atoms with E-state index in [1.54, 1.807) is 19.1 Å². The number of aryl methyl sites for hydroxylation is 1. The van der Waals surface area contributed by atoms with E-state index in [1.165, 1.54) is 6.07 Å². The summed E-state index contributed by atoms with van der Waals surface area (Å²) in [6.07, 6.45) is 2.57. The van der Waals surface area contributed by atoms with Crippen LogP contribution in [0.1, 0.15) is 31.7 Å². The van der Waals surface area contributed by atoms with Crippen LogP contribution in [0.4, 0.5) is 11.4 Å². The fraction of sp³-hybridized carbons (Fsp3) is 0.500. The van der Waals surface area contributed by atoms with E-state index >= 15 is 0 Å². The fourth-order valence-corrected chi connectivity index (χ4v) is 2.69. The summed E-state index contributed by atoms with van der Waals surface area (Å²) >= 11 is 0. The second kappa shape index (κ2) is 5.20. The van der Waals surface area contributed by atoms with Crippen LogP contribution in [0, 0.1) is 22.5 Å². The normalized spacial score (nSPS) is 25.4. The smallest absolute Gasteiger partial charge is 0.272 e. The molecule has 1 fully saturated rings. The number of benzene rings is 1. The molecular weight excluding hydrogens is 258 g/mol. The molecule has 1 aliphatic rings. The lowest BCUT2D eigenvalue weighted by atomic mass is 9.84. The average molecular weight is 277 g/mol. The number of rotatable bonds is 3. The standard InChI is InChI=1S/C14H19N3O3/c1-9-8-10(5-6-11(9)17(19)20)16-13(18)14(2)7-3-4-12(14)15/h5-6,8,12H,3-4,7,15H2,1-2H3,(H,16,18). The van der Waals surface area contributed by atoms with Gasteiger partial charge in [-0.25, -0.2) is 0 Å². The Morgan fingerprint density at radius 2 is 2.25 bits per heavy atom. The lowest BCUT2D eigenvalue weighted by Crippen LogP contribution is -2.44. The zero-order chi connectivity index (χ0) is 14.9. The van der Waals surface area contributed by atoms with E-state index in [0.717, 1.165) is 19.3 Å². The van der Waals surface area contributed by atoms with Gasteiger partial charge in [0.2, 0.25) is 5.91 Å². The first-order valence-electron chi connectivity index (χ1n) is 6.66. The second-order valence-corrected chi connectivity index (χ2v) is 5.63. The summed E-state index contributed by atoms with van der Waals surface area (Å²) in [4.78, 5) is 22.7. The van der Waals surface area contributed by atoms with Crippen molar-refractivity contribution in [3.8, 4) is 0 Å². The maximum atomic E-state index is 12.4. The minimum Gasteiger partial charge on any atom is -0.327 e. The second-order valence-electron chi connectivity index (χ2n) is 5.63. The number of nitrogens with one attached hydrogen (secondary N) is 1. The predicted molar refractivity (Wildman–Crippen MR) is 76.4 cm³/mol. The van der Waals surface area contributed by atoms with E-state index in [9.17, 15) is 14.9 Å². The van der Waals surface area contributed by atoms with Gasteiger partial charge in [-0.2, -0.15) is 0 Å². The Kier molecular flexibility index (Phi) is 3.76. The fourth-order valence-electron chi connectivity index (χ4n) is 2.69. The number of nitro benzene ring substituents is 1. The molecule has 6 heteroatoms. The summed E-state index contributed by atoms with van der Waals surface area (Å²) in [7, 11) is 0. The topological polar surface area (TPSA) is 98.3 Å². The first-order chi connectivity index (χ1) is 9.34. The Morgan fingerprint density at radius 1 is 1.55 bits per heavy atom. The van der Waals surface area contributed by atoms with Crippen LogP contribution in [0.25, 0.3) is 0 Å². The van der Waals surface area contributed by atoms with Crippen molar-refractivity contribution in [1.82, 2.24) is 0 Å². The molecule has 0 saturated heterocycles. The van der Waals surface area contributed by atoms with Crippen molar-refractivity contribution in [2.75, 3.05) is 5.32 Å². The minimum atomic E-state index is -0.560. The molecule has 1 saturated carbocycles. The van der Waals surface area contributed by atoms with Crippen LogP contribution in [-0.2, 0) is 4.79 Å². The summed E-state index contributed by atoms with van der Waals surface area (Å²) in [5, 5.41) is 13.6. The van der Waals surface area contributed by atoms with Gasteiger partial charge in [0.25, 0.3) is 5.69 Å².